The number of amides is 2. The maximum Gasteiger partial charge on any atom is 0.282 e. The molecule has 0 bridgehead atoms. The van der Waals surface area contributed by atoms with Crippen molar-refractivity contribution in [1.29, 1.82) is 0 Å². The van der Waals surface area contributed by atoms with Crippen molar-refractivity contribution in [1.82, 2.24) is 0 Å². The molecule has 26 heavy (non-hydrogen) atoms. The molecule has 2 aromatic carbocycles. The minimum absolute atomic E-state index is 0.148. The maximum absolute atomic E-state index is 12.9. The van der Waals surface area contributed by atoms with Crippen molar-refractivity contribution in [3.8, 4) is 0 Å². The standard InChI is InChI=1S/C20H24FN3O2/c1-4-15-7-5-6-8-18(15)23-19(25)13-24(3)14(2)20(26)22-17-11-9-16(21)10-12-17/h5-12,14H,4,13H2,1-3H3,(H,22,26)(H,23,25)/p+1/t14-/m0/s1. The number of aryl methyl sites for hydroxylation is 1. The van der Waals surface area contributed by atoms with Gasteiger partial charge in [-0.1, -0.05) is 25.1 Å². The molecular weight excluding hydrogens is 333 g/mol. The van der Waals surface area contributed by atoms with Gasteiger partial charge in [0.15, 0.2) is 12.6 Å². The number of benzene rings is 2. The van der Waals surface area contributed by atoms with Crippen LogP contribution in [0.25, 0.3) is 0 Å². The summed E-state index contributed by atoms with van der Waals surface area (Å²) in [5.41, 5.74) is 2.40. The third kappa shape index (κ3) is 5.39. The fraction of sp³-hybridized carbons (Fsp3) is 0.300. The summed E-state index contributed by atoms with van der Waals surface area (Å²) >= 11 is 0. The first-order valence-electron chi connectivity index (χ1n) is 8.67. The van der Waals surface area contributed by atoms with E-state index in [1.54, 1.807) is 14.0 Å². The molecule has 0 saturated heterocycles. The Hall–Kier alpha value is -2.73. The van der Waals surface area contributed by atoms with Crippen LogP contribution in [-0.2, 0) is 16.0 Å². The highest BCUT2D eigenvalue weighted by Crippen LogP contribution is 2.14. The molecule has 3 N–H and O–H groups in total. The van der Waals surface area contributed by atoms with Crippen LogP contribution in [0.5, 0.6) is 0 Å². The van der Waals surface area contributed by atoms with Gasteiger partial charge in [0.1, 0.15) is 5.82 Å². The molecule has 2 atom stereocenters. The zero-order valence-corrected chi connectivity index (χ0v) is 15.3. The Morgan fingerprint density at radius 3 is 2.38 bits per heavy atom. The third-order valence-electron chi connectivity index (χ3n) is 4.36. The average Bonchev–Trinajstić information content (AvgIpc) is 2.63. The Balaban J connectivity index is 1.90. The predicted molar refractivity (Wildman–Crippen MR) is 101 cm³/mol. The lowest BCUT2D eigenvalue weighted by molar-refractivity contribution is -0.885. The largest absolute Gasteiger partial charge is 0.321 e. The van der Waals surface area contributed by atoms with E-state index >= 15 is 0 Å². The minimum Gasteiger partial charge on any atom is -0.321 e. The molecule has 2 amide bonds. The van der Waals surface area contributed by atoms with Crippen LogP contribution in [0, 0.1) is 5.82 Å². The second kappa shape index (κ2) is 9.10. The molecule has 0 heterocycles. The normalized spacial score (nSPS) is 12.9. The number of hydrogen-bond acceptors (Lipinski definition) is 2. The van der Waals surface area contributed by atoms with E-state index in [2.05, 4.69) is 10.6 Å². The van der Waals surface area contributed by atoms with Crippen molar-refractivity contribution in [3.63, 3.8) is 0 Å². The van der Waals surface area contributed by atoms with Crippen molar-refractivity contribution in [2.45, 2.75) is 26.3 Å². The summed E-state index contributed by atoms with van der Waals surface area (Å²) < 4.78 is 12.9. The van der Waals surface area contributed by atoms with E-state index in [1.807, 2.05) is 31.2 Å². The fourth-order valence-corrected chi connectivity index (χ4v) is 2.56. The first-order valence-corrected chi connectivity index (χ1v) is 8.67. The van der Waals surface area contributed by atoms with Crippen LogP contribution in [0.1, 0.15) is 19.4 Å². The Morgan fingerprint density at radius 1 is 1.08 bits per heavy atom. The van der Waals surface area contributed by atoms with Crippen LogP contribution in [0.2, 0.25) is 0 Å². The van der Waals surface area contributed by atoms with Crippen molar-refractivity contribution >= 4 is 23.2 Å². The van der Waals surface area contributed by atoms with Gasteiger partial charge in [0.2, 0.25) is 0 Å². The lowest BCUT2D eigenvalue weighted by atomic mass is 10.1. The van der Waals surface area contributed by atoms with Gasteiger partial charge in [-0.2, -0.15) is 0 Å². The highest BCUT2D eigenvalue weighted by Gasteiger charge is 2.24. The summed E-state index contributed by atoms with van der Waals surface area (Å²) in [6, 6.07) is 12.8. The van der Waals surface area contributed by atoms with E-state index in [-0.39, 0.29) is 24.2 Å². The zero-order chi connectivity index (χ0) is 19.1. The number of hydrogen-bond donors (Lipinski definition) is 3. The van der Waals surface area contributed by atoms with Gasteiger partial charge in [0, 0.05) is 11.4 Å². The van der Waals surface area contributed by atoms with E-state index in [0.29, 0.717) is 5.69 Å². The number of carbonyl (C=O) groups is 2. The lowest BCUT2D eigenvalue weighted by Gasteiger charge is -2.21. The molecular formula is C20H25FN3O2+. The third-order valence-corrected chi connectivity index (χ3v) is 4.36. The van der Waals surface area contributed by atoms with E-state index in [1.165, 1.54) is 24.3 Å². The van der Waals surface area contributed by atoms with Gasteiger partial charge in [0.25, 0.3) is 11.8 Å². The fourth-order valence-electron chi connectivity index (χ4n) is 2.56. The topological polar surface area (TPSA) is 62.6 Å². The SMILES string of the molecule is CCc1ccccc1NC(=O)C[NH+](C)[C@@H](C)C(=O)Nc1ccc(F)cc1. The van der Waals surface area contributed by atoms with Crippen LogP contribution in [0.15, 0.2) is 48.5 Å². The molecule has 0 aliphatic heterocycles. The molecule has 138 valence electrons. The van der Waals surface area contributed by atoms with Crippen LogP contribution in [-0.4, -0.2) is 31.4 Å². The van der Waals surface area contributed by atoms with E-state index < -0.39 is 6.04 Å². The summed E-state index contributed by atoms with van der Waals surface area (Å²) in [4.78, 5) is 25.4. The average molecular weight is 358 g/mol. The second-order valence-electron chi connectivity index (χ2n) is 6.30. The van der Waals surface area contributed by atoms with Gasteiger partial charge in [-0.25, -0.2) is 4.39 Å². The van der Waals surface area contributed by atoms with Crippen LogP contribution in [0.3, 0.4) is 0 Å². The first kappa shape index (κ1) is 19.6. The van der Waals surface area contributed by atoms with E-state index in [0.717, 1.165) is 22.6 Å². The van der Waals surface area contributed by atoms with Crippen LogP contribution in [0.4, 0.5) is 15.8 Å². The number of nitrogens with one attached hydrogen (secondary N) is 3. The summed E-state index contributed by atoms with van der Waals surface area (Å²) in [5.74, 6) is -0.733. The number of anilines is 2. The first-order chi connectivity index (χ1) is 12.4. The second-order valence-corrected chi connectivity index (χ2v) is 6.30. The lowest BCUT2D eigenvalue weighted by Crippen LogP contribution is -3.14. The molecule has 0 radical (unpaired) electrons. The highest BCUT2D eigenvalue weighted by molar-refractivity contribution is 5.94. The Labute approximate surface area is 153 Å². The Kier molecular flexibility index (Phi) is 6.86. The highest BCUT2D eigenvalue weighted by atomic mass is 19.1. The smallest absolute Gasteiger partial charge is 0.282 e. The minimum atomic E-state index is -0.438. The molecule has 0 aromatic heterocycles. The van der Waals surface area contributed by atoms with Gasteiger partial charge < -0.3 is 15.5 Å². The number of likely N-dealkylation sites (N-methyl/N-ethyl adjacent to an activating group) is 1. The van der Waals surface area contributed by atoms with Gasteiger partial charge in [-0.15, -0.1) is 0 Å². The molecule has 1 unspecified atom stereocenters. The summed E-state index contributed by atoms with van der Waals surface area (Å²) in [6.07, 6.45) is 0.829. The Morgan fingerprint density at radius 2 is 1.73 bits per heavy atom. The monoisotopic (exact) mass is 358 g/mol. The van der Waals surface area contributed by atoms with E-state index in [4.69, 9.17) is 0 Å². The molecule has 2 rings (SSSR count). The van der Waals surface area contributed by atoms with Crippen molar-refractivity contribution < 1.29 is 18.9 Å². The molecule has 0 fully saturated rings. The van der Waals surface area contributed by atoms with Crippen molar-refractivity contribution in [2.75, 3.05) is 24.2 Å². The number of carbonyl (C=O) groups excluding carboxylic acids is 2. The molecule has 0 aliphatic carbocycles. The van der Waals surface area contributed by atoms with Crippen molar-refractivity contribution in [2.24, 2.45) is 0 Å². The van der Waals surface area contributed by atoms with Gasteiger partial charge >= 0.3 is 0 Å². The number of para-hydroxylation sites is 1. The van der Waals surface area contributed by atoms with E-state index in [9.17, 15) is 14.0 Å². The van der Waals surface area contributed by atoms with Gasteiger partial charge in [0.05, 0.1) is 7.05 Å². The predicted octanol–water partition coefficient (Wildman–Crippen LogP) is 1.87. The summed E-state index contributed by atoms with van der Waals surface area (Å²) in [6.45, 7) is 3.95. The summed E-state index contributed by atoms with van der Waals surface area (Å²) in [7, 11) is 1.79. The molecule has 6 heteroatoms. The van der Waals surface area contributed by atoms with Gasteiger partial charge in [-0.05, 0) is 49.2 Å². The molecule has 0 aliphatic rings. The molecule has 5 nitrogen and oxygen atoms in total. The number of rotatable bonds is 7. The molecule has 0 spiro atoms. The quantitative estimate of drug-likeness (QED) is 0.708. The van der Waals surface area contributed by atoms with Gasteiger partial charge in [-0.3, -0.25) is 9.59 Å². The van der Waals surface area contributed by atoms with Crippen LogP contribution < -0.4 is 15.5 Å². The number of quaternary nitrogens is 1. The maximum atomic E-state index is 12.9. The van der Waals surface area contributed by atoms with Crippen LogP contribution >= 0.6 is 0 Å². The number of halogens is 1. The molecule has 2 aromatic rings. The van der Waals surface area contributed by atoms with Crippen molar-refractivity contribution in [3.05, 3.63) is 59.9 Å². The Bertz CT molecular complexity index is 762. The molecule has 0 saturated carbocycles. The zero-order valence-electron chi connectivity index (χ0n) is 15.3. The summed E-state index contributed by atoms with van der Waals surface area (Å²) in [5, 5.41) is 5.64.